The molecule has 1 aromatic rings. The molecular weight excluding hydrogens is 182 g/mol. The Balaban J connectivity index is 3.03. The lowest BCUT2D eigenvalue weighted by Crippen LogP contribution is -2.15. The second kappa shape index (κ2) is 4.80. The van der Waals surface area contributed by atoms with Crippen LogP contribution in [0.15, 0.2) is 12.1 Å². The Morgan fingerprint density at radius 2 is 1.53 bits per heavy atom. The molecule has 1 rings (SSSR count). The minimum Gasteiger partial charge on any atom is -0.324 e. The van der Waals surface area contributed by atoms with Crippen LogP contribution in [0.25, 0.3) is 0 Å². The van der Waals surface area contributed by atoms with Crippen LogP contribution in [-0.4, -0.2) is 0 Å². The maximum atomic E-state index is 6.25. The molecule has 1 atom stereocenters. The number of nitrogens with two attached hydrogens (primary N) is 1. The van der Waals surface area contributed by atoms with E-state index in [0.717, 1.165) is 6.42 Å². The summed E-state index contributed by atoms with van der Waals surface area (Å²) < 4.78 is 0. The van der Waals surface area contributed by atoms with Crippen molar-refractivity contribution in [3.8, 4) is 0 Å². The smallest absolute Gasteiger partial charge is 0.0302 e. The molecule has 0 bridgehead atoms. The van der Waals surface area contributed by atoms with E-state index in [1.807, 2.05) is 0 Å². The van der Waals surface area contributed by atoms with Gasteiger partial charge in [-0.3, -0.25) is 0 Å². The van der Waals surface area contributed by atoms with Crippen molar-refractivity contribution in [2.75, 3.05) is 0 Å². The summed E-state index contributed by atoms with van der Waals surface area (Å²) in [6.45, 7) is 10.9. The molecule has 0 radical (unpaired) electrons. The summed E-state index contributed by atoms with van der Waals surface area (Å²) in [7, 11) is 0. The zero-order valence-corrected chi connectivity index (χ0v) is 10.6. The fourth-order valence-electron chi connectivity index (χ4n) is 2.40. The Labute approximate surface area is 93.7 Å². The van der Waals surface area contributed by atoms with Crippen LogP contribution in [-0.2, 0) is 0 Å². The zero-order chi connectivity index (χ0) is 11.6. The van der Waals surface area contributed by atoms with Crippen molar-refractivity contribution in [3.63, 3.8) is 0 Å². The Kier molecular flexibility index (Phi) is 3.92. The van der Waals surface area contributed by atoms with Gasteiger partial charge in [-0.2, -0.15) is 0 Å². The van der Waals surface area contributed by atoms with E-state index in [2.05, 4.69) is 46.8 Å². The SMILES string of the molecule is Cc1cc(C)c([C@@H](N)CC(C)C)c(C)c1. The summed E-state index contributed by atoms with van der Waals surface area (Å²) in [5.74, 6) is 0.653. The predicted octanol–water partition coefficient (Wildman–Crippen LogP) is 3.66. The highest BCUT2D eigenvalue weighted by atomic mass is 14.6. The van der Waals surface area contributed by atoms with E-state index in [9.17, 15) is 0 Å². The lowest BCUT2D eigenvalue weighted by atomic mass is 9.90. The Hall–Kier alpha value is -0.820. The lowest BCUT2D eigenvalue weighted by molar-refractivity contribution is 0.507. The van der Waals surface area contributed by atoms with E-state index in [1.165, 1.54) is 22.3 Å². The third-order valence-electron chi connectivity index (χ3n) is 2.83. The van der Waals surface area contributed by atoms with Gasteiger partial charge in [-0.15, -0.1) is 0 Å². The first-order valence-electron chi connectivity index (χ1n) is 5.75. The molecule has 1 heteroatoms. The fourth-order valence-corrected chi connectivity index (χ4v) is 2.40. The average Bonchev–Trinajstić information content (AvgIpc) is 1.99. The Morgan fingerprint density at radius 3 is 1.93 bits per heavy atom. The second-order valence-electron chi connectivity index (χ2n) is 5.05. The second-order valence-corrected chi connectivity index (χ2v) is 5.05. The van der Waals surface area contributed by atoms with E-state index in [-0.39, 0.29) is 6.04 Å². The highest BCUT2D eigenvalue weighted by molar-refractivity contribution is 5.39. The van der Waals surface area contributed by atoms with Gasteiger partial charge in [0.1, 0.15) is 0 Å². The number of aryl methyl sites for hydroxylation is 3. The summed E-state index contributed by atoms with van der Waals surface area (Å²) in [5.41, 5.74) is 11.6. The first-order chi connectivity index (χ1) is 6.91. The van der Waals surface area contributed by atoms with Gasteiger partial charge in [-0.1, -0.05) is 31.5 Å². The van der Waals surface area contributed by atoms with Crippen molar-refractivity contribution >= 4 is 0 Å². The van der Waals surface area contributed by atoms with Crippen LogP contribution in [0.2, 0.25) is 0 Å². The standard InChI is InChI=1S/C14H23N/c1-9(2)6-13(15)14-11(4)7-10(3)8-12(14)5/h7-9,13H,6,15H2,1-5H3/t13-/m0/s1. The average molecular weight is 205 g/mol. The van der Waals surface area contributed by atoms with Gasteiger partial charge in [-0.25, -0.2) is 0 Å². The first kappa shape index (κ1) is 12.3. The highest BCUT2D eigenvalue weighted by Crippen LogP contribution is 2.26. The van der Waals surface area contributed by atoms with E-state index >= 15 is 0 Å². The topological polar surface area (TPSA) is 26.0 Å². The minimum absolute atomic E-state index is 0.186. The summed E-state index contributed by atoms with van der Waals surface area (Å²) in [4.78, 5) is 0. The monoisotopic (exact) mass is 205 g/mol. The van der Waals surface area contributed by atoms with E-state index in [1.54, 1.807) is 0 Å². The molecule has 0 fully saturated rings. The molecule has 0 aromatic heterocycles. The van der Waals surface area contributed by atoms with Gasteiger partial charge < -0.3 is 5.73 Å². The molecule has 0 aliphatic heterocycles. The van der Waals surface area contributed by atoms with Gasteiger partial charge >= 0.3 is 0 Å². The fraction of sp³-hybridized carbons (Fsp3) is 0.571. The van der Waals surface area contributed by atoms with Crippen molar-refractivity contribution < 1.29 is 0 Å². The highest BCUT2D eigenvalue weighted by Gasteiger charge is 2.13. The summed E-state index contributed by atoms with van der Waals surface area (Å²) >= 11 is 0. The van der Waals surface area contributed by atoms with Crippen LogP contribution in [0.5, 0.6) is 0 Å². The van der Waals surface area contributed by atoms with Crippen LogP contribution in [0.4, 0.5) is 0 Å². The molecular formula is C14H23N. The van der Waals surface area contributed by atoms with Crippen LogP contribution in [0.1, 0.15) is 48.6 Å². The number of rotatable bonds is 3. The molecule has 84 valence electrons. The Bertz CT molecular complexity index is 316. The van der Waals surface area contributed by atoms with Gasteiger partial charge in [0.2, 0.25) is 0 Å². The molecule has 0 saturated carbocycles. The summed E-state index contributed by atoms with van der Waals surface area (Å²) in [6, 6.07) is 4.64. The van der Waals surface area contributed by atoms with Crippen molar-refractivity contribution in [1.82, 2.24) is 0 Å². The Morgan fingerprint density at radius 1 is 1.07 bits per heavy atom. The van der Waals surface area contributed by atoms with Crippen LogP contribution in [0.3, 0.4) is 0 Å². The normalized spacial score (nSPS) is 13.3. The molecule has 15 heavy (non-hydrogen) atoms. The largest absolute Gasteiger partial charge is 0.324 e. The molecule has 0 aliphatic rings. The van der Waals surface area contributed by atoms with Gasteiger partial charge in [-0.05, 0) is 49.8 Å². The first-order valence-corrected chi connectivity index (χ1v) is 5.75. The quantitative estimate of drug-likeness (QED) is 0.800. The van der Waals surface area contributed by atoms with Crippen molar-refractivity contribution in [2.45, 2.75) is 47.1 Å². The van der Waals surface area contributed by atoms with Crippen LogP contribution < -0.4 is 5.73 Å². The van der Waals surface area contributed by atoms with Crippen molar-refractivity contribution in [3.05, 3.63) is 34.4 Å². The molecule has 0 heterocycles. The number of hydrogen-bond donors (Lipinski definition) is 1. The van der Waals surface area contributed by atoms with E-state index in [0.29, 0.717) is 5.92 Å². The lowest BCUT2D eigenvalue weighted by Gasteiger charge is -2.20. The van der Waals surface area contributed by atoms with E-state index in [4.69, 9.17) is 5.73 Å². The van der Waals surface area contributed by atoms with Crippen LogP contribution in [0, 0.1) is 26.7 Å². The van der Waals surface area contributed by atoms with E-state index < -0.39 is 0 Å². The molecule has 0 unspecified atom stereocenters. The van der Waals surface area contributed by atoms with Crippen molar-refractivity contribution in [1.29, 1.82) is 0 Å². The van der Waals surface area contributed by atoms with Gasteiger partial charge in [0, 0.05) is 6.04 Å². The number of benzene rings is 1. The molecule has 1 nitrogen and oxygen atoms in total. The maximum Gasteiger partial charge on any atom is 0.0302 e. The third kappa shape index (κ3) is 3.07. The summed E-state index contributed by atoms with van der Waals surface area (Å²) in [5, 5.41) is 0. The zero-order valence-electron chi connectivity index (χ0n) is 10.6. The molecule has 1 aromatic carbocycles. The molecule has 0 saturated heterocycles. The maximum absolute atomic E-state index is 6.25. The van der Waals surface area contributed by atoms with Gasteiger partial charge in [0.25, 0.3) is 0 Å². The number of hydrogen-bond acceptors (Lipinski definition) is 1. The summed E-state index contributed by atoms with van der Waals surface area (Å²) in [6.07, 6.45) is 1.06. The third-order valence-corrected chi connectivity index (χ3v) is 2.83. The van der Waals surface area contributed by atoms with Crippen LogP contribution >= 0.6 is 0 Å². The molecule has 2 N–H and O–H groups in total. The molecule has 0 spiro atoms. The van der Waals surface area contributed by atoms with Crippen molar-refractivity contribution in [2.24, 2.45) is 11.7 Å². The molecule has 0 amide bonds. The van der Waals surface area contributed by atoms with Gasteiger partial charge in [0.15, 0.2) is 0 Å². The van der Waals surface area contributed by atoms with Gasteiger partial charge in [0.05, 0.1) is 0 Å². The molecule has 0 aliphatic carbocycles. The predicted molar refractivity (Wildman–Crippen MR) is 67.0 cm³/mol. The minimum atomic E-state index is 0.186.